The Morgan fingerprint density at radius 2 is 1.88 bits per heavy atom. The van der Waals surface area contributed by atoms with Crippen molar-refractivity contribution in [1.82, 2.24) is 8.87 Å². The molecule has 6 nitrogen and oxygen atoms in total. The van der Waals surface area contributed by atoms with E-state index in [9.17, 15) is 13.2 Å². The van der Waals surface area contributed by atoms with Crippen molar-refractivity contribution in [2.24, 2.45) is 13.0 Å². The van der Waals surface area contributed by atoms with Crippen molar-refractivity contribution in [3.63, 3.8) is 0 Å². The highest BCUT2D eigenvalue weighted by molar-refractivity contribution is 7.89. The Bertz CT molecular complexity index is 719. The fourth-order valence-corrected chi connectivity index (χ4v) is 5.42. The van der Waals surface area contributed by atoms with Gasteiger partial charge in [-0.2, -0.15) is 4.31 Å². The van der Waals surface area contributed by atoms with Crippen molar-refractivity contribution >= 4 is 16.0 Å². The Hall–Kier alpha value is -1.34. The standard InChI is InChI=1S/C18H28N2O4S/c1-14-7-6-8-15(11-14)24-18(21)17-12-16(13-19(17)2)25(22,23)20-9-4-3-5-10-20/h12-15H,3-11H2,1-2H3. The topological polar surface area (TPSA) is 68.6 Å². The zero-order valence-corrected chi connectivity index (χ0v) is 15.9. The number of ether oxygens (including phenoxy) is 1. The van der Waals surface area contributed by atoms with E-state index in [1.165, 1.54) is 23.0 Å². The highest BCUT2D eigenvalue weighted by Gasteiger charge is 2.30. The molecule has 0 radical (unpaired) electrons. The molecule has 0 bridgehead atoms. The molecule has 2 unspecified atom stereocenters. The number of aryl methyl sites for hydroxylation is 1. The van der Waals surface area contributed by atoms with Gasteiger partial charge in [0.05, 0.1) is 0 Å². The Morgan fingerprint density at radius 1 is 1.16 bits per heavy atom. The van der Waals surface area contributed by atoms with E-state index >= 15 is 0 Å². The minimum absolute atomic E-state index is 0.0618. The molecule has 0 spiro atoms. The van der Waals surface area contributed by atoms with E-state index in [4.69, 9.17) is 4.74 Å². The summed E-state index contributed by atoms with van der Waals surface area (Å²) in [5, 5.41) is 0. The van der Waals surface area contributed by atoms with Gasteiger partial charge in [0.25, 0.3) is 0 Å². The molecule has 2 heterocycles. The summed E-state index contributed by atoms with van der Waals surface area (Å²) in [5.41, 5.74) is 0.300. The fourth-order valence-electron chi connectivity index (χ4n) is 3.83. The van der Waals surface area contributed by atoms with E-state index in [2.05, 4.69) is 6.92 Å². The molecule has 1 aliphatic heterocycles. The van der Waals surface area contributed by atoms with E-state index in [1.807, 2.05) is 0 Å². The number of carbonyl (C=O) groups is 1. The molecule has 3 rings (SSSR count). The first-order valence-corrected chi connectivity index (χ1v) is 10.7. The number of rotatable bonds is 4. The van der Waals surface area contributed by atoms with Gasteiger partial charge in [-0.3, -0.25) is 0 Å². The van der Waals surface area contributed by atoms with Crippen LogP contribution in [0.5, 0.6) is 0 Å². The fraction of sp³-hybridized carbons (Fsp3) is 0.722. The minimum atomic E-state index is -3.53. The monoisotopic (exact) mass is 368 g/mol. The van der Waals surface area contributed by atoms with Crippen LogP contribution in [0.2, 0.25) is 0 Å². The smallest absolute Gasteiger partial charge is 0.355 e. The minimum Gasteiger partial charge on any atom is -0.458 e. The van der Waals surface area contributed by atoms with Gasteiger partial charge in [-0.25, -0.2) is 13.2 Å². The van der Waals surface area contributed by atoms with Gasteiger partial charge in [-0.15, -0.1) is 0 Å². The summed E-state index contributed by atoms with van der Waals surface area (Å²) >= 11 is 0. The van der Waals surface area contributed by atoms with Crippen LogP contribution < -0.4 is 0 Å². The number of hydrogen-bond donors (Lipinski definition) is 0. The maximum absolute atomic E-state index is 12.8. The molecule has 2 fully saturated rings. The van der Waals surface area contributed by atoms with E-state index < -0.39 is 16.0 Å². The summed E-state index contributed by atoms with van der Waals surface area (Å²) in [4.78, 5) is 12.7. The third-order valence-corrected chi connectivity index (χ3v) is 7.17. The highest BCUT2D eigenvalue weighted by atomic mass is 32.2. The van der Waals surface area contributed by atoms with Gasteiger partial charge in [0.2, 0.25) is 10.0 Å². The second-order valence-electron chi connectivity index (χ2n) is 7.44. The number of hydrogen-bond acceptors (Lipinski definition) is 4. The predicted octanol–water partition coefficient (Wildman–Crippen LogP) is 2.94. The molecule has 0 amide bonds. The molecule has 1 aromatic heterocycles. The molecule has 7 heteroatoms. The van der Waals surface area contributed by atoms with Gasteiger partial charge >= 0.3 is 5.97 Å². The van der Waals surface area contributed by atoms with Crippen LogP contribution in [0.3, 0.4) is 0 Å². The van der Waals surface area contributed by atoms with Crippen molar-refractivity contribution in [3.8, 4) is 0 Å². The molecule has 2 atom stereocenters. The molecule has 1 aliphatic carbocycles. The number of nitrogens with zero attached hydrogens (tertiary/aromatic N) is 2. The average molecular weight is 368 g/mol. The molecular weight excluding hydrogens is 340 g/mol. The lowest BCUT2D eigenvalue weighted by Gasteiger charge is -2.26. The summed E-state index contributed by atoms with van der Waals surface area (Å²) in [6.45, 7) is 3.28. The van der Waals surface area contributed by atoms with Crippen LogP contribution in [0.15, 0.2) is 17.2 Å². The van der Waals surface area contributed by atoms with Crippen molar-refractivity contribution in [2.45, 2.75) is 62.9 Å². The zero-order valence-electron chi connectivity index (χ0n) is 15.1. The summed E-state index contributed by atoms with van der Waals surface area (Å²) in [6, 6.07) is 1.46. The third kappa shape index (κ3) is 4.08. The lowest BCUT2D eigenvalue weighted by atomic mass is 9.89. The normalized spacial score (nSPS) is 25.7. The lowest BCUT2D eigenvalue weighted by molar-refractivity contribution is 0.0145. The second kappa shape index (κ2) is 7.50. The third-order valence-electron chi connectivity index (χ3n) is 5.30. The number of esters is 1. The Morgan fingerprint density at radius 3 is 2.56 bits per heavy atom. The van der Waals surface area contributed by atoms with Gasteiger partial charge in [-0.05, 0) is 44.1 Å². The van der Waals surface area contributed by atoms with Crippen molar-refractivity contribution in [2.75, 3.05) is 13.1 Å². The quantitative estimate of drug-likeness (QED) is 0.766. The largest absolute Gasteiger partial charge is 0.458 e. The number of sulfonamides is 1. The van der Waals surface area contributed by atoms with Crippen LogP contribution in [0.4, 0.5) is 0 Å². The van der Waals surface area contributed by atoms with Gasteiger partial charge in [0, 0.05) is 26.3 Å². The maximum Gasteiger partial charge on any atom is 0.355 e. The van der Waals surface area contributed by atoms with E-state index in [0.29, 0.717) is 24.7 Å². The van der Waals surface area contributed by atoms with Gasteiger partial charge in [0.1, 0.15) is 16.7 Å². The molecule has 0 N–H and O–H groups in total. The molecule has 25 heavy (non-hydrogen) atoms. The zero-order chi connectivity index (χ0) is 18.0. The number of carbonyl (C=O) groups excluding carboxylic acids is 1. The van der Waals surface area contributed by atoms with Gasteiger partial charge in [0.15, 0.2) is 0 Å². The molecule has 1 saturated heterocycles. The lowest BCUT2D eigenvalue weighted by Crippen LogP contribution is -2.35. The average Bonchev–Trinajstić information content (AvgIpc) is 2.98. The van der Waals surface area contributed by atoms with E-state index in [0.717, 1.165) is 38.5 Å². The van der Waals surface area contributed by atoms with Crippen LogP contribution in [-0.4, -0.2) is 42.5 Å². The number of aromatic nitrogens is 1. The SMILES string of the molecule is CC1CCCC(OC(=O)c2cc(S(=O)(=O)N3CCCCC3)cn2C)C1. The van der Waals surface area contributed by atoms with Crippen LogP contribution >= 0.6 is 0 Å². The molecule has 140 valence electrons. The van der Waals surface area contributed by atoms with Crippen molar-refractivity contribution in [1.29, 1.82) is 0 Å². The molecule has 2 aliphatic rings. The summed E-state index contributed by atoms with van der Waals surface area (Å²) in [5.74, 6) is 0.136. The highest BCUT2D eigenvalue weighted by Crippen LogP contribution is 2.27. The van der Waals surface area contributed by atoms with Crippen LogP contribution in [0.25, 0.3) is 0 Å². The van der Waals surface area contributed by atoms with Crippen LogP contribution in [-0.2, 0) is 21.8 Å². The Balaban J connectivity index is 1.74. The van der Waals surface area contributed by atoms with Gasteiger partial charge in [-0.1, -0.05) is 19.8 Å². The van der Waals surface area contributed by atoms with Crippen LogP contribution in [0.1, 0.15) is 62.4 Å². The first kappa shape index (κ1) is 18.5. The Kier molecular flexibility index (Phi) is 5.53. The molecule has 1 aromatic rings. The molecule has 0 aromatic carbocycles. The maximum atomic E-state index is 12.8. The van der Waals surface area contributed by atoms with Crippen molar-refractivity contribution in [3.05, 3.63) is 18.0 Å². The van der Waals surface area contributed by atoms with Crippen LogP contribution in [0, 0.1) is 5.92 Å². The van der Waals surface area contributed by atoms with E-state index in [-0.39, 0.29) is 11.0 Å². The Labute approximate surface area is 150 Å². The summed E-state index contributed by atoms with van der Waals surface area (Å²) in [6.07, 6.45) is 8.32. The second-order valence-corrected chi connectivity index (χ2v) is 9.37. The van der Waals surface area contributed by atoms with Crippen molar-refractivity contribution < 1.29 is 17.9 Å². The summed E-state index contributed by atoms with van der Waals surface area (Å²) in [7, 11) is -1.84. The molecular formula is C18H28N2O4S. The number of piperidine rings is 1. The first-order valence-electron chi connectivity index (χ1n) is 9.25. The summed E-state index contributed by atoms with van der Waals surface area (Å²) < 4.78 is 34.2. The predicted molar refractivity (Wildman–Crippen MR) is 94.9 cm³/mol. The molecule has 1 saturated carbocycles. The van der Waals surface area contributed by atoms with Gasteiger partial charge < -0.3 is 9.30 Å². The van der Waals surface area contributed by atoms with E-state index in [1.54, 1.807) is 11.6 Å². The first-order chi connectivity index (χ1) is 11.9.